The van der Waals surface area contributed by atoms with Crippen molar-refractivity contribution in [1.82, 2.24) is 4.98 Å². The zero-order valence-corrected chi connectivity index (χ0v) is 14.0. The molecule has 2 N–H and O–H groups in total. The highest BCUT2D eigenvalue weighted by Crippen LogP contribution is 2.23. The molecule has 1 heterocycles. The minimum atomic E-state index is -0.677. The molecule has 3 aromatic rings. The number of H-pyrrole nitrogens is 1. The molecule has 0 saturated heterocycles. The second-order valence-corrected chi connectivity index (χ2v) is 6.05. The fourth-order valence-corrected chi connectivity index (χ4v) is 2.61. The molecule has 0 aliphatic rings. The van der Waals surface area contributed by atoms with Crippen LogP contribution in [0.5, 0.6) is 0 Å². The summed E-state index contributed by atoms with van der Waals surface area (Å²) in [5.41, 5.74) is 2.62. The predicted octanol–water partition coefficient (Wildman–Crippen LogP) is 3.71. The lowest BCUT2D eigenvalue weighted by Crippen LogP contribution is -2.22. The number of nitrogens with one attached hydrogen (secondary N) is 2. The highest BCUT2D eigenvalue weighted by atomic mass is 35.5. The van der Waals surface area contributed by atoms with E-state index in [1.807, 2.05) is 31.1 Å². The van der Waals surface area contributed by atoms with Crippen LogP contribution in [-0.2, 0) is 4.79 Å². The molecular formula is C18H16ClN3O2. The Bertz CT molecular complexity index is 914. The molecule has 0 aliphatic heterocycles. The third-order valence-corrected chi connectivity index (χ3v) is 3.97. The molecule has 1 amide bonds. The lowest BCUT2D eigenvalue weighted by Gasteiger charge is -2.12. The van der Waals surface area contributed by atoms with Gasteiger partial charge in [0.2, 0.25) is 0 Å². The van der Waals surface area contributed by atoms with Crippen molar-refractivity contribution in [2.45, 2.75) is 0 Å². The van der Waals surface area contributed by atoms with Crippen LogP contribution >= 0.6 is 11.6 Å². The topological polar surface area (TPSA) is 65.2 Å². The number of carbonyl (C=O) groups is 2. The number of amides is 1. The molecule has 0 radical (unpaired) electrons. The molecule has 0 fully saturated rings. The van der Waals surface area contributed by atoms with Crippen molar-refractivity contribution in [2.24, 2.45) is 0 Å². The number of hydrogen-bond acceptors (Lipinski definition) is 3. The van der Waals surface area contributed by atoms with Gasteiger partial charge in [-0.05, 0) is 36.4 Å². The smallest absolute Gasteiger partial charge is 0.296 e. The molecule has 24 heavy (non-hydrogen) atoms. The molecule has 5 nitrogen and oxygen atoms in total. The van der Waals surface area contributed by atoms with E-state index >= 15 is 0 Å². The van der Waals surface area contributed by atoms with E-state index in [9.17, 15) is 9.59 Å². The summed E-state index contributed by atoms with van der Waals surface area (Å²) in [7, 11) is 3.86. The number of carbonyl (C=O) groups excluding carboxylic acids is 2. The molecule has 0 atom stereocenters. The molecule has 2 aromatic carbocycles. The van der Waals surface area contributed by atoms with Crippen molar-refractivity contribution in [2.75, 3.05) is 24.3 Å². The number of rotatable bonds is 4. The van der Waals surface area contributed by atoms with E-state index in [0.717, 1.165) is 5.69 Å². The molecule has 0 unspecified atom stereocenters. The van der Waals surface area contributed by atoms with E-state index < -0.39 is 11.7 Å². The Balaban J connectivity index is 1.80. The fraction of sp³-hybridized carbons (Fsp3) is 0.111. The van der Waals surface area contributed by atoms with Gasteiger partial charge in [0.25, 0.3) is 11.7 Å². The summed E-state index contributed by atoms with van der Waals surface area (Å²) >= 11 is 5.92. The first kappa shape index (κ1) is 16.1. The van der Waals surface area contributed by atoms with Gasteiger partial charge in [-0.25, -0.2) is 0 Å². The summed E-state index contributed by atoms with van der Waals surface area (Å²) in [6, 6.07) is 12.4. The first-order valence-electron chi connectivity index (χ1n) is 7.35. The van der Waals surface area contributed by atoms with Crippen LogP contribution in [0.3, 0.4) is 0 Å². The average Bonchev–Trinajstić information content (AvgIpc) is 2.97. The molecule has 0 aliphatic carbocycles. The second kappa shape index (κ2) is 6.37. The van der Waals surface area contributed by atoms with Gasteiger partial charge in [-0.2, -0.15) is 0 Å². The standard InChI is InChI=1S/C18H16ClN3O2/c1-22(2)13-6-4-12(5-7-13)21-18(24)17(23)15-10-20-16-9-11(19)3-8-14(15)16/h3-10,20H,1-2H3,(H,21,24). The number of fused-ring (bicyclic) bond motifs is 1. The molecule has 3 rings (SSSR count). The van der Waals surface area contributed by atoms with Crippen molar-refractivity contribution in [3.8, 4) is 0 Å². The number of anilines is 2. The Hall–Kier alpha value is -2.79. The SMILES string of the molecule is CN(C)c1ccc(NC(=O)C(=O)c2c[nH]c3cc(Cl)ccc23)cc1. The van der Waals surface area contributed by atoms with Crippen LogP contribution in [-0.4, -0.2) is 30.8 Å². The van der Waals surface area contributed by atoms with E-state index in [4.69, 9.17) is 11.6 Å². The Morgan fingerprint density at radius 3 is 2.46 bits per heavy atom. The van der Waals surface area contributed by atoms with Crippen LogP contribution in [0.1, 0.15) is 10.4 Å². The molecule has 122 valence electrons. The second-order valence-electron chi connectivity index (χ2n) is 5.62. The summed E-state index contributed by atoms with van der Waals surface area (Å²) in [5, 5.41) is 3.86. The van der Waals surface area contributed by atoms with Crippen molar-refractivity contribution in [1.29, 1.82) is 0 Å². The molecule has 6 heteroatoms. The van der Waals surface area contributed by atoms with Crippen LogP contribution in [0.15, 0.2) is 48.7 Å². The molecule has 0 spiro atoms. The summed E-state index contributed by atoms with van der Waals surface area (Å²) in [4.78, 5) is 29.6. The lowest BCUT2D eigenvalue weighted by molar-refractivity contribution is -0.112. The quantitative estimate of drug-likeness (QED) is 0.561. The number of benzene rings is 2. The largest absolute Gasteiger partial charge is 0.378 e. The van der Waals surface area contributed by atoms with E-state index in [0.29, 0.717) is 27.2 Å². The van der Waals surface area contributed by atoms with Crippen molar-refractivity contribution < 1.29 is 9.59 Å². The first-order valence-corrected chi connectivity index (χ1v) is 7.73. The number of hydrogen-bond donors (Lipinski definition) is 2. The van der Waals surface area contributed by atoms with Crippen LogP contribution in [0, 0.1) is 0 Å². The van der Waals surface area contributed by atoms with Gasteiger partial charge < -0.3 is 15.2 Å². The van der Waals surface area contributed by atoms with Gasteiger partial charge in [0.05, 0.1) is 5.56 Å². The third kappa shape index (κ3) is 3.12. The van der Waals surface area contributed by atoms with E-state index in [-0.39, 0.29) is 0 Å². The predicted molar refractivity (Wildman–Crippen MR) is 97.0 cm³/mol. The van der Waals surface area contributed by atoms with Crippen LogP contribution < -0.4 is 10.2 Å². The van der Waals surface area contributed by atoms with Gasteiger partial charge in [0.15, 0.2) is 0 Å². The maximum atomic E-state index is 12.4. The summed E-state index contributed by atoms with van der Waals surface area (Å²) < 4.78 is 0. The molecular weight excluding hydrogens is 326 g/mol. The van der Waals surface area contributed by atoms with E-state index in [2.05, 4.69) is 10.3 Å². The summed E-state index contributed by atoms with van der Waals surface area (Å²) in [6.07, 6.45) is 1.53. The maximum absolute atomic E-state index is 12.4. The zero-order valence-electron chi connectivity index (χ0n) is 13.3. The van der Waals surface area contributed by atoms with Gasteiger partial charge in [-0.15, -0.1) is 0 Å². The van der Waals surface area contributed by atoms with E-state index in [1.54, 1.807) is 30.3 Å². The molecule has 0 bridgehead atoms. The fourth-order valence-electron chi connectivity index (χ4n) is 2.44. The number of ketones is 1. The third-order valence-electron chi connectivity index (χ3n) is 3.74. The number of aromatic amines is 1. The van der Waals surface area contributed by atoms with Crippen LogP contribution in [0.4, 0.5) is 11.4 Å². The highest BCUT2D eigenvalue weighted by molar-refractivity contribution is 6.48. The average molecular weight is 342 g/mol. The van der Waals surface area contributed by atoms with E-state index in [1.165, 1.54) is 6.20 Å². The minimum absolute atomic E-state index is 0.323. The van der Waals surface area contributed by atoms with Crippen molar-refractivity contribution in [3.05, 3.63) is 59.2 Å². The lowest BCUT2D eigenvalue weighted by atomic mass is 10.1. The van der Waals surface area contributed by atoms with Crippen molar-refractivity contribution in [3.63, 3.8) is 0 Å². The number of Topliss-reactive ketones (excluding diaryl/α,β-unsaturated/α-hetero) is 1. The Labute approximate surface area is 144 Å². The summed E-state index contributed by atoms with van der Waals surface area (Å²) in [6.45, 7) is 0. The minimum Gasteiger partial charge on any atom is -0.378 e. The highest BCUT2D eigenvalue weighted by Gasteiger charge is 2.20. The first-order chi connectivity index (χ1) is 11.5. The normalized spacial score (nSPS) is 10.6. The van der Waals surface area contributed by atoms with Crippen LogP contribution in [0.25, 0.3) is 10.9 Å². The van der Waals surface area contributed by atoms with Gasteiger partial charge in [0.1, 0.15) is 0 Å². The Kier molecular flexibility index (Phi) is 4.27. The maximum Gasteiger partial charge on any atom is 0.296 e. The van der Waals surface area contributed by atoms with Crippen molar-refractivity contribution >= 4 is 45.6 Å². The van der Waals surface area contributed by atoms with Gasteiger partial charge >= 0.3 is 0 Å². The molecule has 0 saturated carbocycles. The number of nitrogens with zero attached hydrogens (tertiary/aromatic N) is 1. The van der Waals surface area contributed by atoms with Crippen LogP contribution in [0.2, 0.25) is 5.02 Å². The zero-order chi connectivity index (χ0) is 17.3. The Morgan fingerprint density at radius 2 is 1.79 bits per heavy atom. The van der Waals surface area contributed by atoms with Gasteiger partial charge in [-0.1, -0.05) is 17.7 Å². The van der Waals surface area contributed by atoms with Gasteiger partial charge in [0, 0.05) is 47.6 Å². The summed E-state index contributed by atoms with van der Waals surface area (Å²) in [5.74, 6) is -1.27. The monoisotopic (exact) mass is 341 g/mol. The molecule has 1 aromatic heterocycles. The Morgan fingerprint density at radius 1 is 1.08 bits per heavy atom. The van der Waals surface area contributed by atoms with Gasteiger partial charge in [-0.3, -0.25) is 9.59 Å². The number of halogens is 1. The number of aromatic nitrogens is 1.